The highest BCUT2D eigenvalue weighted by atomic mass is 15.3. The molecule has 3 N–H and O–H groups in total. The summed E-state index contributed by atoms with van der Waals surface area (Å²) < 4.78 is 1.92. The van der Waals surface area contributed by atoms with E-state index in [9.17, 15) is 0 Å². The van der Waals surface area contributed by atoms with Crippen LogP contribution in [0.25, 0.3) is 0 Å². The first kappa shape index (κ1) is 12.6. The van der Waals surface area contributed by atoms with Crippen molar-refractivity contribution in [3.05, 3.63) is 18.0 Å². The molecule has 1 heterocycles. The summed E-state index contributed by atoms with van der Waals surface area (Å²) in [5.74, 6) is 6.51. The molecule has 0 amide bonds. The Hall–Kier alpha value is -0.870. The van der Waals surface area contributed by atoms with Gasteiger partial charge in [-0.15, -0.1) is 0 Å². The van der Waals surface area contributed by atoms with Gasteiger partial charge in [0.1, 0.15) is 0 Å². The molecule has 1 aliphatic rings. The van der Waals surface area contributed by atoms with Crippen LogP contribution < -0.4 is 11.3 Å². The molecule has 0 radical (unpaired) electrons. The molecule has 2 rings (SSSR count). The molecule has 1 aromatic rings. The zero-order valence-corrected chi connectivity index (χ0v) is 10.7. The Kier molecular flexibility index (Phi) is 4.57. The molecule has 17 heavy (non-hydrogen) atoms. The van der Waals surface area contributed by atoms with E-state index < -0.39 is 0 Å². The molecule has 0 spiro atoms. The molecule has 0 aromatic carbocycles. The van der Waals surface area contributed by atoms with Crippen molar-refractivity contribution in [1.82, 2.24) is 15.2 Å². The molecule has 4 nitrogen and oxygen atoms in total. The van der Waals surface area contributed by atoms with Gasteiger partial charge in [0.25, 0.3) is 0 Å². The SMILES string of the molecule is Cn1nccc1C(CC1CCCCCC1)NN. The summed E-state index contributed by atoms with van der Waals surface area (Å²) in [6.45, 7) is 0. The molecule has 1 aliphatic carbocycles. The molecule has 4 heteroatoms. The van der Waals surface area contributed by atoms with E-state index in [4.69, 9.17) is 5.84 Å². The average Bonchev–Trinajstić information content (AvgIpc) is 2.62. The average molecular weight is 236 g/mol. The Morgan fingerprint density at radius 1 is 1.41 bits per heavy atom. The van der Waals surface area contributed by atoms with Crippen LogP contribution in [0.15, 0.2) is 12.3 Å². The quantitative estimate of drug-likeness (QED) is 0.479. The molecule has 0 aliphatic heterocycles. The second-order valence-corrected chi connectivity index (χ2v) is 5.19. The van der Waals surface area contributed by atoms with Crippen molar-refractivity contribution in [2.45, 2.75) is 51.0 Å². The maximum absolute atomic E-state index is 5.70. The van der Waals surface area contributed by atoms with Gasteiger partial charge < -0.3 is 0 Å². The van der Waals surface area contributed by atoms with Crippen LogP contribution in [0.4, 0.5) is 0 Å². The molecule has 96 valence electrons. The maximum atomic E-state index is 5.70. The standard InChI is InChI=1S/C13H24N4/c1-17-13(8-9-15-17)12(16-14)10-11-6-4-2-3-5-7-11/h8-9,11-12,16H,2-7,10,14H2,1H3. The van der Waals surface area contributed by atoms with E-state index in [-0.39, 0.29) is 6.04 Å². The third kappa shape index (κ3) is 3.30. The zero-order chi connectivity index (χ0) is 12.1. The van der Waals surface area contributed by atoms with E-state index in [1.54, 1.807) is 0 Å². The molecule has 1 aromatic heterocycles. The molecule has 1 fully saturated rings. The second-order valence-electron chi connectivity index (χ2n) is 5.19. The molecular weight excluding hydrogens is 212 g/mol. The van der Waals surface area contributed by atoms with E-state index >= 15 is 0 Å². The van der Waals surface area contributed by atoms with E-state index in [0.29, 0.717) is 0 Å². The highest BCUT2D eigenvalue weighted by Gasteiger charge is 2.20. The molecule has 1 atom stereocenters. The fraction of sp³-hybridized carbons (Fsp3) is 0.769. The first-order chi connectivity index (χ1) is 8.31. The largest absolute Gasteiger partial charge is 0.271 e. The van der Waals surface area contributed by atoms with E-state index in [1.165, 1.54) is 44.2 Å². The van der Waals surface area contributed by atoms with Crippen LogP contribution in [-0.2, 0) is 7.05 Å². The van der Waals surface area contributed by atoms with E-state index in [1.807, 2.05) is 17.9 Å². The number of rotatable bonds is 4. The third-order valence-corrected chi connectivity index (χ3v) is 3.96. The van der Waals surface area contributed by atoms with Crippen molar-refractivity contribution in [1.29, 1.82) is 0 Å². The molecule has 1 unspecified atom stereocenters. The summed E-state index contributed by atoms with van der Waals surface area (Å²) >= 11 is 0. The Bertz CT molecular complexity index is 326. The smallest absolute Gasteiger partial charge is 0.0631 e. The molecule has 0 bridgehead atoms. The lowest BCUT2D eigenvalue weighted by molar-refractivity contribution is 0.348. The minimum atomic E-state index is 0.241. The van der Waals surface area contributed by atoms with Gasteiger partial charge in [-0.1, -0.05) is 38.5 Å². The summed E-state index contributed by atoms with van der Waals surface area (Å²) in [4.78, 5) is 0. The Balaban J connectivity index is 1.97. The maximum Gasteiger partial charge on any atom is 0.0631 e. The first-order valence-corrected chi connectivity index (χ1v) is 6.75. The minimum absolute atomic E-state index is 0.241. The van der Waals surface area contributed by atoms with Crippen molar-refractivity contribution >= 4 is 0 Å². The van der Waals surface area contributed by atoms with Gasteiger partial charge >= 0.3 is 0 Å². The monoisotopic (exact) mass is 236 g/mol. The Labute approximate surface area is 104 Å². The number of nitrogens with one attached hydrogen (secondary N) is 1. The van der Waals surface area contributed by atoms with Gasteiger partial charge in [0.15, 0.2) is 0 Å². The predicted molar refractivity (Wildman–Crippen MR) is 69.1 cm³/mol. The molecular formula is C13H24N4. The van der Waals surface area contributed by atoms with Gasteiger partial charge in [-0.2, -0.15) is 5.10 Å². The van der Waals surface area contributed by atoms with Gasteiger partial charge in [-0.3, -0.25) is 16.0 Å². The van der Waals surface area contributed by atoms with Crippen LogP contribution in [0.3, 0.4) is 0 Å². The fourth-order valence-electron chi connectivity index (χ4n) is 2.93. The number of hydrogen-bond donors (Lipinski definition) is 2. The lowest BCUT2D eigenvalue weighted by Crippen LogP contribution is -2.31. The van der Waals surface area contributed by atoms with Crippen LogP contribution in [-0.4, -0.2) is 9.78 Å². The third-order valence-electron chi connectivity index (χ3n) is 3.96. The van der Waals surface area contributed by atoms with Crippen LogP contribution >= 0.6 is 0 Å². The number of nitrogens with two attached hydrogens (primary N) is 1. The lowest BCUT2D eigenvalue weighted by Gasteiger charge is -2.22. The van der Waals surface area contributed by atoms with Crippen LogP contribution in [0, 0.1) is 5.92 Å². The predicted octanol–water partition coefficient (Wildman–Crippen LogP) is 2.29. The van der Waals surface area contributed by atoms with Crippen molar-refractivity contribution < 1.29 is 0 Å². The molecule has 0 saturated heterocycles. The summed E-state index contributed by atoms with van der Waals surface area (Å²) in [5.41, 5.74) is 4.14. The van der Waals surface area contributed by atoms with Gasteiger partial charge in [0.2, 0.25) is 0 Å². The number of aromatic nitrogens is 2. The molecule has 1 saturated carbocycles. The number of aryl methyl sites for hydroxylation is 1. The summed E-state index contributed by atoms with van der Waals surface area (Å²) in [6.07, 6.45) is 11.3. The summed E-state index contributed by atoms with van der Waals surface area (Å²) in [7, 11) is 1.98. The van der Waals surface area contributed by atoms with E-state index in [0.717, 1.165) is 12.3 Å². The van der Waals surface area contributed by atoms with Crippen LogP contribution in [0.5, 0.6) is 0 Å². The van der Waals surface area contributed by atoms with Gasteiger partial charge in [0.05, 0.1) is 11.7 Å². The summed E-state index contributed by atoms with van der Waals surface area (Å²) in [6, 6.07) is 2.30. The van der Waals surface area contributed by atoms with Gasteiger partial charge in [-0.05, 0) is 18.4 Å². The van der Waals surface area contributed by atoms with Crippen molar-refractivity contribution in [2.24, 2.45) is 18.8 Å². The van der Waals surface area contributed by atoms with Crippen molar-refractivity contribution in [2.75, 3.05) is 0 Å². The topological polar surface area (TPSA) is 55.9 Å². The lowest BCUT2D eigenvalue weighted by atomic mass is 9.91. The zero-order valence-electron chi connectivity index (χ0n) is 10.7. The van der Waals surface area contributed by atoms with Crippen LogP contribution in [0.2, 0.25) is 0 Å². The van der Waals surface area contributed by atoms with E-state index in [2.05, 4.69) is 16.6 Å². The van der Waals surface area contributed by atoms with Gasteiger partial charge in [-0.25, -0.2) is 0 Å². The first-order valence-electron chi connectivity index (χ1n) is 6.75. The summed E-state index contributed by atoms with van der Waals surface area (Å²) in [5, 5.41) is 4.22. The van der Waals surface area contributed by atoms with Crippen molar-refractivity contribution in [3.8, 4) is 0 Å². The number of hydrazine groups is 1. The number of hydrogen-bond acceptors (Lipinski definition) is 3. The fourth-order valence-corrected chi connectivity index (χ4v) is 2.93. The highest BCUT2D eigenvalue weighted by Crippen LogP contribution is 2.30. The minimum Gasteiger partial charge on any atom is -0.271 e. The normalized spacial score (nSPS) is 20.1. The Morgan fingerprint density at radius 2 is 2.12 bits per heavy atom. The van der Waals surface area contributed by atoms with Crippen LogP contribution in [0.1, 0.15) is 56.7 Å². The highest BCUT2D eigenvalue weighted by molar-refractivity contribution is 5.06. The number of nitrogens with zero attached hydrogens (tertiary/aromatic N) is 2. The van der Waals surface area contributed by atoms with Crippen molar-refractivity contribution in [3.63, 3.8) is 0 Å². The van der Waals surface area contributed by atoms with Gasteiger partial charge in [0, 0.05) is 13.2 Å². The Morgan fingerprint density at radius 3 is 2.65 bits per heavy atom. The second kappa shape index (κ2) is 6.17.